The van der Waals surface area contributed by atoms with Crippen LogP contribution >= 0.6 is 0 Å². The zero-order valence-electron chi connectivity index (χ0n) is 42.7. The predicted octanol–water partition coefficient (Wildman–Crippen LogP) is 4.12. The molecular formula is C53H78N8O12. The molecule has 4 aliphatic rings. The van der Waals surface area contributed by atoms with Crippen LogP contribution in [0.1, 0.15) is 120 Å². The number of aliphatic hydroxyl groups is 1. The van der Waals surface area contributed by atoms with Crippen molar-refractivity contribution in [3.05, 3.63) is 72.3 Å². The number of aromatic amines is 2. The first-order chi connectivity index (χ1) is 35.6. The normalized spacial score (nSPS) is 21.1. The molecule has 0 radical (unpaired) electrons. The van der Waals surface area contributed by atoms with E-state index in [-0.39, 0.29) is 73.7 Å². The van der Waals surface area contributed by atoms with E-state index in [9.17, 15) is 28.8 Å². The Morgan fingerprint density at radius 2 is 1.10 bits per heavy atom. The van der Waals surface area contributed by atoms with Gasteiger partial charge in [0.15, 0.2) is 0 Å². The van der Waals surface area contributed by atoms with Gasteiger partial charge in [-0.2, -0.15) is 0 Å². The first-order valence-corrected chi connectivity index (χ1v) is 26.3. The molecule has 3 aromatic rings. The minimum Gasteiger partial charge on any atom is -0.467 e. The number of likely N-dealkylation sites (tertiary alicyclic amines) is 2. The van der Waals surface area contributed by atoms with E-state index in [1.165, 1.54) is 31.8 Å². The number of esters is 2. The summed E-state index contributed by atoms with van der Waals surface area (Å²) in [4.78, 5) is 95.3. The molecule has 2 saturated carbocycles. The number of carbonyl (C=O) groups is 6. The molecule has 2 aromatic heterocycles. The van der Waals surface area contributed by atoms with E-state index in [1.54, 1.807) is 17.3 Å². The van der Waals surface area contributed by atoms with Gasteiger partial charge in [-0.1, -0.05) is 68.9 Å². The number of nitrogens with zero attached hydrogens (tertiary/aromatic N) is 4. The monoisotopic (exact) mass is 1020 g/mol. The zero-order chi connectivity index (χ0) is 51.8. The van der Waals surface area contributed by atoms with Crippen molar-refractivity contribution in [2.45, 2.75) is 159 Å². The molecule has 20 heteroatoms. The van der Waals surface area contributed by atoms with Crippen LogP contribution in [0.25, 0.3) is 0 Å². The summed E-state index contributed by atoms with van der Waals surface area (Å²) in [6, 6.07) is 7.21. The molecule has 0 spiro atoms. The Morgan fingerprint density at radius 1 is 0.644 bits per heavy atom. The Morgan fingerprint density at radius 3 is 1.52 bits per heavy atom. The molecule has 73 heavy (non-hydrogen) atoms. The standard InChI is InChI=1S/C30H42N4O6.C23H36N4O6/c1-38-30(37)26-17-25(40-15-9-8-14-39-20-22-10-4-2-5-11-22)19-34(26)29(36)28(23-12-6-3-7-13-23)33-27(35)16-24-18-31-21-32-24;1-32-23(31)19-12-18(33-10-6-5-9-28)14-27(19)22(30)21(16-7-3-2-4-8-16)26-20(29)11-17-13-24-15-25-17/h2,4-5,10-11,18,21,23,25-26,28H,3,6-9,12-17,19-20H2,1H3,(H,31,32)(H,33,35);13,15-16,18-19,21,28H,2-12,14H2,1H3,(H,24,25)(H,26,29)/t25-,26+,28+;18-,19+,21+/m11/s1. The Hall–Kier alpha value is -5.70. The van der Waals surface area contributed by atoms with Crippen molar-refractivity contribution in [2.75, 3.05) is 53.7 Å². The fraction of sp³-hybridized carbons (Fsp3) is 0.660. The van der Waals surface area contributed by atoms with Crippen LogP contribution in [-0.4, -0.2) is 161 Å². The van der Waals surface area contributed by atoms with Crippen LogP contribution in [0.5, 0.6) is 0 Å². The topological polar surface area (TPSA) is 257 Å². The molecule has 2 aliphatic carbocycles. The number of amides is 4. The van der Waals surface area contributed by atoms with E-state index in [0.717, 1.165) is 82.6 Å². The Labute approximate surface area is 428 Å². The molecular weight excluding hydrogens is 941 g/mol. The number of hydrogen-bond acceptors (Lipinski definition) is 14. The van der Waals surface area contributed by atoms with Gasteiger partial charge in [0, 0.05) is 76.1 Å². The van der Waals surface area contributed by atoms with Crippen LogP contribution in [0.3, 0.4) is 0 Å². The summed E-state index contributed by atoms with van der Waals surface area (Å²) < 4.78 is 27.7. The van der Waals surface area contributed by atoms with Gasteiger partial charge in [-0.25, -0.2) is 19.6 Å². The zero-order valence-corrected chi connectivity index (χ0v) is 42.7. The van der Waals surface area contributed by atoms with Crippen molar-refractivity contribution < 1.29 is 57.6 Å². The molecule has 4 fully saturated rings. The third kappa shape index (κ3) is 17.7. The number of methoxy groups -OCH3 is 2. The Kier molecular flexibility index (Phi) is 23.6. The molecule has 0 unspecified atom stereocenters. The molecule has 20 nitrogen and oxygen atoms in total. The third-order valence-corrected chi connectivity index (χ3v) is 14.3. The highest BCUT2D eigenvalue weighted by Crippen LogP contribution is 2.32. The summed E-state index contributed by atoms with van der Waals surface area (Å²) in [7, 11) is 2.64. The van der Waals surface area contributed by atoms with Gasteiger partial charge in [0.2, 0.25) is 23.6 Å². The van der Waals surface area contributed by atoms with Gasteiger partial charge >= 0.3 is 11.9 Å². The second-order valence-corrected chi connectivity index (χ2v) is 19.6. The smallest absolute Gasteiger partial charge is 0.328 e. The van der Waals surface area contributed by atoms with Crippen LogP contribution < -0.4 is 10.6 Å². The highest BCUT2D eigenvalue weighted by Gasteiger charge is 2.46. The van der Waals surface area contributed by atoms with Gasteiger partial charge < -0.3 is 59.2 Å². The lowest BCUT2D eigenvalue weighted by molar-refractivity contribution is -0.152. The number of aliphatic hydroxyl groups excluding tert-OH is 1. The molecule has 2 saturated heterocycles. The number of carbonyl (C=O) groups excluding carboxylic acids is 6. The molecule has 2 aliphatic heterocycles. The van der Waals surface area contributed by atoms with Gasteiger partial charge in [-0.05, 0) is 68.8 Å². The molecule has 0 bridgehead atoms. The summed E-state index contributed by atoms with van der Waals surface area (Å²) >= 11 is 0. The Balaban J connectivity index is 0.000000243. The van der Waals surface area contributed by atoms with Crippen LogP contribution in [0.2, 0.25) is 0 Å². The second kappa shape index (κ2) is 30.5. The van der Waals surface area contributed by atoms with Crippen LogP contribution in [0.15, 0.2) is 55.4 Å². The van der Waals surface area contributed by atoms with E-state index in [4.69, 9.17) is 28.8 Å². The van der Waals surface area contributed by atoms with Crippen molar-refractivity contribution >= 4 is 35.6 Å². The molecule has 4 heterocycles. The second-order valence-electron chi connectivity index (χ2n) is 19.6. The van der Waals surface area contributed by atoms with Crippen LogP contribution in [-0.2, 0) is 71.9 Å². The molecule has 402 valence electrons. The molecule has 6 atom stereocenters. The SMILES string of the molecule is COC(=O)[C@@H]1C[C@@H](OCCCCO)CN1C(=O)[C@@H](NC(=O)Cc1cnc[nH]1)C1CCCCC1.COC(=O)[C@@H]1C[C@@H](OCCCCOCc2ccccc2)CN1C(=O)[C@@H](NC(=O)Cc1cnc[nH]1)C1CCCCC1. The summed E-state index contributed by atoms with van der Waals surface area (Å²) in [6.07, 6.45) is 19.4. The molecule has 4 amide bonds. The van der Waals surface area contributed by atoms with Crippen LogP contribution in [0, 0.1) is 11.8 Å². The number of aromatic nitrogens is 4. The molecule has 7 rings (SSSR count). The van der Waals surface area contributed by atoms with E-state index >= 15 is 0 Å². The number of imidazole rings is 2. The minimum atomic E-state index is -0.735. The van der Waals surface area contributed by atoms with Crippen molar-refractivity contribution in [3.8, 4) is 0 Å². The fourth-order valence-electron chi connectivity index (χ4n) is 10.4. The average molecular weight is 1020 g/mol. The van der Waals surface area contributed by atoms with Gasteiger partial charge in [0.1, 0.15) is 24.2 Å². The number of unbranched alkanes of at least 4 members (excludes halogenated alkanes) is 2. The summed E-state index contributed by atoms with van der Waals surface area (Å²) in [5, 5.41) is 14.9. The maximum absolute atomic E-state index is 13.9. The number of ether oxygens (including phenoxy) is 5. The minimum absolute atomic E-state index is 0.0276. The number of rotatable bonds is 25. The third-order valence-electron chi connectivity index (χ3n) is 14.3. The highest BCUT2D eigenvalue weighted by atomic mass is 16.5. The van der Waals surface area contributed by atoms with Crippen LogP contribution in [0.4, 0.5) is 0 Å². The quantitative estimate of drug-likeness (QED) is 0.0592. The lowest BCUT2D eigenvalue weighted by Gasteiger charge is -2.34. The number of H-pyrrole nitrogens is 2. The lowest BCUT2D eigenvalue weighted by Crippen LogP contribution is -2.55. The van der Waals surface area contributed by atoms with Crippen molar-refractivity contribution in [3.63, 3.8) is 0 Å². The first-order valence-electron chi connectivity index (χ1n) is 26.3. The highest BCUT2D eigenvalue weighted by molar-refractivity contribution is 5.93. The summed E-state index contributed by atoms with van der Waals surface area (Å²) in [6.45, 7) is 2.86. The Bertz CT molecular complexity index is 2120. The average Bonchev–Trinajstić information content (AvgIpc) is 4.28. The van der Waals surface area contributed by atoms with E-state index in [0.29, 0.717) is 70.0 Å². The largest absolute Gasteiger partial charge is 0.467 e. The van der Waals surface area contributed by atoms with E-state index in [2.05, 4.69) is 30.6 Å². The number of nitrogens with one attached hydrogen (secondary N) is 4. The van der Waals surface area contributed by atoms with Gasteiger partial charge in [0.05, 0.1) is 58.5 Å². The van der Waals surface area contributed by atoms with Gasteiger partial charge in [0.25, 0.3) is 0 Å². The number of benzene rings is 1. The van der Waals surface area contributed by atoms with Gasteiger partial charge in [-0.3, -0.25) is 19.2 Å². The van der Waals surface area contributed by atoms with Crippen molar-refractivity contribution in [1.29, 1.82) is 0 Å². The maximum atomic E-state index is 13.9. The predicted molar refractivity (Wildman–Crippen MR) is 267 cm³/mol. The van der Waals surface area contributed by atoms with Gasteiger partial charge in [-0.15, -0.1) is 0 Å². The molecule has 1 aromatic carbocycles. The molecule has 5 N–H and O–H groups in total. The summed E-state index contributed by atoms with van der Waals surface area (Å²) in [5.41, 5.74) is 2.50. The van der Waals surface area contributed by atoms with E-state index < -0.39 is 36.1 Å². The summed E-state index contributed by atoms with van der Waals surface area (Å²) in [5.74, 6) is -1.87. The fourth-order valence-corrected chi connectivity index (χ4v) is 10.4. The maximum Gasteiger partial charge on any atom is 0.328 e. The first kappa shape index (κ1) is 56.6. The number of hydrogen-bond donors (Lipinski definition) is 5. The van der Waals surface area contributed by atoms with Crippen molar-refractivity contribution in [2.24, 2.45) is 11.8 Å². The lowest BCUT2D eigenvalue weighted by atomic mass is 9.83. The van der Waals surface area contributed by atoms with Crippen molar-refractivity contribution in [1.82, 2.24) is 40.4 Å². The van der Waals surface area contributed by atoms with E-state index in [1.807, 2.05) is 30.3 Å².